The smallest absolute Gasteiger partial charge is 0.207 e. The van der Waals surface area contributed by atoms with Gasteiger partial charge in [0.05, 0.1) is 44.2 Å². The zero-order valence-electron chi connectivity index (χ0n) is 18.9. The van der Waals surface area contributed by atoms with Crippen LogP contribution in [0.25, 0.3) is 0 Å². The van der Waals surface area contributed by atoms with Crippen molar-refractivity contribution < 1.29 is 74.4 Å². The minimum Gasteiger partial charge on any atom is -0.472 e. The van der Waals surface area contributed by atoms with E-state index in [-0.39, 0.29) is 6.61 Å². The Morgan fingerprint density at radius 3 is 1.83 bits per heavy atom. The fourth-order valence-electron chi connectivity index (χ4n) is 5.42. The molecule has 15 heteroatoms. The molecule has 9 N–H and O–H groups in total. The van der Waals surface area contributed by atoms with Crippen LogP contribution >= 0.6 is 0 Å². The van der Waals surface area contributed by atoms with Crippen LogP contribution in [0.4, 0.5) is 0 Å². The molecule has 0 spiro atoms. The highest BCUT2D eigenvalue weighted by Crippen LogP contribution is 2.54. The van der Waals surface area contributed by atoms with E-state index < -0.39 is 111 Å². The highest BCUT2D eigenvalue weighted by Gasteiger charge is 2.67. The van der Waals surface area contributed by atoms with Crippen molar-refractivity contribution in [1.82, 2.24) is 0 Å². The Hall–Kier alpha value is -1.02. The van der Waals surface area contributed by atoms with E-state index >= 15 is 0 Å². The Bertz CT molecular complexity index is 808. The Kier molecular flexibility index (Phi) is 7.59. The summed E-state index contributed by atoms with van der Waals surface area (Å²) in [7, 11) is 0. The molecule has 5 aliphatic rings. The fraction of sp³-hybridized carbons (Fsp3) is 0.905. The normalized spacial score (nSPS) is 54.3. The number of aliphatic hydroxyl groups excluding tert-OH is 9. The van der Waals surface area contributed by atoms with Crippen LogP contribution in [0, 0.1) is 11.8 Å². The lowest BCUT2D eigenvalue weighted by Crippen LogP contribution is -2.60. The number of hydrogen-bond acceptors (Lipinski definition) is 15. The average molecular weight is 524 g/mol. The van der Waals surface area contributed by atoms with E-state index in [9.17, 15) is 46.0 Å². The van der Waals surface area contributed by atoms with Gasteiger partial charge in [0.25, 0.3) is 0 Å². The lowest BCUT2D eigenvalue weighted by Gasteiger charge is -2.43. The van der Waals surface area contributed by atoms with Gasteiger partial charge < -0.3 is 74.4 Å². The van der Waals surface area contributed by atoms with Gasteiger partial charge in [-0.15, -0.1) is 0 Å². The van der Waals surface area contributed by atoms with Crippen molar-refractivity contribution in [3.05, 3.63) is 11.8 Å². The van der Waals surface area contributed by atoms with Crippen molar-refractivity contribution in [3.8, 4) is 0 Å². The Morgan fingerprint density at radius 2 is 1.22 bits per heavy atom. The van der Waals surface area contributed by atoms with Crippen LogP contribution in [0.5, 0.6) is 0 Å². The number of fused-ring (bicyclic) bond motifs is 3. The summed E-state index contributed by atoms with van der Waals surface area (Å²) in [5.41, 5.74) is 0.453. The Balaban J connectivity index is 1.27. The molecule has 4 fully saturated rings. The van der Waals surface area contributed by atoms with Crippen molar-refractivity contribution in [2.45, 2.75) is 86.0 Å². The van der Waals surface area contributed by atoms with Crippen LogP contribution in [0.3, 0.4) is 0 Å². The van der Waals surface area contributed by atoms with Crippen molar-refractivity contribution in [3.63, 3.8) is 0 Å². The molecule has 0 radical (unpaired) electrons. The maximum absolute atomic E-state index is 10.8. The van der Waals surface area contributed by atoms with Crippen LogP contribution in [-0.4, -0.2) is 152 Å². The lowest BCUT2D eigenvalue weighted by molar-refractivity contribution is -0.343. The van der Waals surface area contributed by atoms with Gasteiger partial charge in [0.15, 0.2) is 12.6 Å². The van der Waals surface area contributed by atoms with E-state index in [1.165, 1.54) is 6.26 Å². The van der Waals surface area contributed by atoms with Crippen molar-refractivity contribution >= 4 is 0 Å². The standard InChI is InChI=1S/C21H32O15/c22-1-6-10(24)13(27)15(29)20(33-6)32-4-5-3-31-19(9-8(5)12(26)18-17(9)35-18)36-21-16(30)14(28)11(25)7(2-23)34-21/h3,6-30H,1-2,4H2/t6-,7-,8+,9-,10-,11-,12+,13-,14+,15-,16-,17-,18+,19+,20-,21+/m1/s1. The van der Waals surface area contributed by atoms with Crippen LogP contribution in [-0.2, 0) is 28.4 Å². The first-order valence-electron chi connectivity index (χ1n) is 11.7. The zero-order chi connectivity index (χ0) is 25.9. The second-order valence-electron chi connectivity index (χ2n) is 9.70. The summed E-state index contributed by atoms with van der Waals surface area (Å²) in [6, 6.07) is 0. The Morgan fingerprint density at radius 1 is 0.639 bits per heavy atom. The summed E-state index contributed by atoms with van der Waals surface area (Å²) in [4.78, 5) is 0. The predicted molar refractivity (Wildman–Crippen MR) is 109 cm³/mol. The second kappa shape index (κ2) is 10.3. The number of ether oxygens (including phenoxy) is 6. The summed E-state index contributed by atoms with van der Waals surface area (Å²) in [5.74, 6) is -1.18. The van der Waals surface area contributed by atoms with Gasteiger partial charge in [-0.25, -0.2) is 0 Å². The summed E-state index contributed by atoms with van der Waals surface area (Å²) < 4.78 is 33.3. The first-order valence-corrected chi connectivity index (χ1v) is 11.7. The molecule has 5 rings (SSSR count). The maximum Gasteiger partial charge on any atom is 0.207 e. The number of hydrogen-bond donors (Lipinski definition) is 9. The van der Waals surface area contributed by atoms with Crippen LogP contribution < -0.4 is 0 Å². The number of epoxide rings is 1. The Labute approximate surface area is 204 Å². The molecule has 0 aromatic carbocycles. The zero-order valence-corrected chi connectivity index (χ0v) is 18.9. The van der Waals surface area contributed by atoms with Crippen molar-refractivity contribution in [2.75, 3.05) is 19.8 Å². The van der Waals surface area contributed by atoms with Crippen LogP contribution in [0.1, 0.15) is 0 Å². The van der Waals surface area contributed by atoms with E-state index in [1.54, 1.807) is 0 Å². The van der Waals surface area contributed by atoms with Crippen LogP contribution in [0.2, 0.25) is 0 Å². The van der Waals surface area contributed by atoms with Gasteiger partial charge in [-0.1, -0.05) is 0 Å². The molecule has 1 aliphatic carbocycles. The molecule has 0 amide bonds. The molecule has 0 unspecified atom stereocenters. The third kappa shape index (κ3) is 4.46. The van der Waals surface area contributed by atoms with E-state index in [0.717, 1.165) is 0 Å². The minimum atomic E-state index is -1.65. The molecule has 4 heterocycles. The molecule has 15 nitrogen and oxygen atoms in total. The second-order valence-corrected chi connectivity index (χ2v) is 9.70. The average Bonchev–Trinajstić information content (AvgIpc) is 3.62. The maximum atomic E-state index is 10.8. The van der Waals surface area contributed by atoms with Gasteiger partial charge >= 0.3 is 0 Å². The number of aliphatic hydroxyl groups is 9. The summed E-state index contributed by atoms with van der Waals surface area (Å²) in [6.07, 6.45) is -16.5. The van der Waals surface area contributed by atoms with E-state index in [4.69, 9.17) is 28.4 Å². The predicted octanol–water partition coefficient (Wildman–Crippen LogP) is -5.77. The molecule has 36 heavy (non-hydrogen) atoms. The molecule has 206 valence electrons. The van der Waals surface area contributed by atoms with Gasteiger partial charge in [-0.3, -0.25) is 0 Å². The highest BCUT2D eigenvalue weighted by atomic mass is 16.8. The van der Waals surface area contributed by atoms with Crippen molar-refractivity contribution in [1.29, 1.82) is 0 Å². The minimum absolute atomic E-state index is 0.215. The first-order chi connectivity index (χ1) is 17.2. The van der Waals surface area contributed by atoms with Crippen LogP contribution in [0.15, 0.2) is 11.8 Å². The lowest BCUT2D eigenvalue weighted by atomic mass is 9.85. The van der Waals surface area contributed by atoms with Gasteiger partial charge in [0, 0.05) is 5.92 Å². The highest BCUT2D eigenvalue weighted by molar-refractivity contribution is 5.23. The molecule has 0 aromatic heterocycles. The summed E-state index contributed by atoms with van der Waals surface area (Å²) in [5, 5.41) is 89.9. The van der Waals surface area contributed by atoms with E-state index in [0.29, 0.717) is 5.57 Å². The van der Waals surface area contributed by atoms with Gasteiger partial charge in [0.2, 0.25) is 6.29 Å². The summed E-state index contributed by atoms with van der Waals surface area (Å²) in [6.45, 7) is -1.46. The number of rotatable bonds is 7. The van der Waals surface area contributed by atoms with Gasteiger partial charge in [0.1, 0.15) is 54.9 Å². The molecule has 3 saturated heterocycles. The quantitative estimate of drug-likeness (QED) is 0.141. The molecular weight excluding hydrogens is 492 g/mol. The molecule has 0 bridgehead atoms. The SMILES string of the molecule is OC[C@H]1O[C@@H](O[C@@H]2OC=C(CO[C@@H]3O[C@H](CO)[C@@H](O)[C@@H](O)[C@H]3O)[C@@H]3[C@H](O)[C@@H]4O[C@@H]4[C@H]23)[C@H](O)[C@@H](O)[C@@H]1O. The third-order valence-electron chi connectivity index (χ3n) is 7.54. The third-order valence-corrected chi connectivity index (χ3v) is 7.54. The molecular formula is C21H32O15. The largest absolute Gasteiger partial charge is 0.472 e. The first kappa shape index (κ1) is 26.6. The van der Waals surface area contributed by atoms with E-state index in [2.05, 4.69) is 0 Å². The summed E-state index contributed by atoms with van der Waals surface area (Å²) >= 11 is 0. The molecule has 4 aliphatic heterocycles. The monoisotopic (exact) mass is 524 g/mol. The topological polar surface area (TPSA) is 241 Å². The van der Waals surface area contributed by atoms with Gasteiger partial charge in [-0.2, -0.15) is 0 Å². The fourth-order valence-corrected chi connectivity index (χ4v) is 5.42. The van der Waals surface area contributed by atoms with Gasteiger partial charge in [-0.05, 0) is 5.57 Å². The molecule has 1 saturated carbocycles. The van der Waals surface area contributed by atoms with Crippen molar-refractivity contribution in [2.24, 2.45) is 11.8 Å². The van der Waals surface area contributed by atoms with E-state index in [1.807, 2.05) is 0 Å². The molecule has 16 atom stereocenters. The molecule has 0 aromatic rings.